The molecule has 4 rings (SSSR count). The van der Waals surface area contributed by atoms with Crippen LogP contribution in [-0.2, 0) is 29.6 Å². The number of amides is 1. The van der Waals surface area contributed by atoms with Gasteiger partial charge in [0.2, 0.25) is 16.0 Å². The van der Waals surface area contributed by atoms with Crippen molar-refractivity contribution in [3.8, 4) is 16.9 Å². The van der Waals surface area contributed by atoms with Crippen LogP contribution in [0.4, 0.5) is 4.79 Å². The Morgan fingerprint density at radius 3 is 2.11 bits per heavy atom. The van der Waals surface area contributed by atoms with Crippen LogP contribution in [0, 0.1) is 20.8 Å². The normalized spacial score (nSPS) is 13.8. The Hall–Kier alpha value is -4.63. The number of carboxylic acids is 1. The predicted molar refractivity (Wildman–Crippen MR) is 167 cm³/mol. The van der Waals surface area contributed by atoms with E-state index in [1.165, 1.54) is 20.1 Å². The molecule has 15 heteroatoms. The molecule has 0 spiro atoms. The van der Waals surface area contributed by atoms with Gasteiger partial charge in [-0.2, -0.15) is 8.42 Å². The number of hydrogen-bond acceptors (Lipinski definition) is 8. The number of nitrogens with two attached hydrogens (primary N) is 1. The zero-order valence-electron chi connectivity index (χ0n) is 25.0. The molecule has 240 valence electrons. The molecule has 0 unspecified atom stereocenters. The second kappa shape index (κ2) is 13.2. The van der Waals surface area contributed by atoms with Crippen molar-refractivity contribution in [2.24, 2.45) is 10.1 Å². The molecular formula is C30H34N4O9S2. The molecule has 3 aromatic carbocycles. The molecule has 0 heterocycles. The molecule has 0 radical (unpaired) electrons. The quantitative estimate of drug-likeness (QED) is 0.175. The molecule has 0 aromatic heterocycles. The first-order valence-electron chi connectivity index (χ1n) is 13.7. The number of nitrogens with one attached hydrogen (secondary N) is 2. The number of carboxylic acid groups (broad SMARTS) is 1. The number of aryl methyl sites for hydroxylation is 1. The maximum Gasteiger partial charge on any atom is 0.407 e. The summed E-state index contributed by atoms with van der Waals surface area (Å²) in [7, 11) is -7.37. The number of alkyl carbamates (subject to hydrolysis) is 1. The summed E-state index contributed by atoms with van der Waals surface area (Å²) in [6.07, 6.45) is -1.62. The fourth-order valence-corrected chi connectivity index (χ4v) is 7.82. The number of aliphatic carboxylic acids is 1. The van der Waals surface area contributed by atoms with Crippen molar-refractivity contribution >= 4 is 38.1 Å². The number of rotatable bonds is 11. The van der Waals surface area contributed by atoms with Crippen molar-refractivity contribution in [2.45, 2.75) is 44.0 Å². The summed E-state index contributed by atoms with van der Waals surface area (Å²) in [6, 6.07) is 15.3. The third-order valence-electron chi connectivity index (χ3n) is 7.54. The first-order valence-corrected chi connectivity index (χ1v) is 16.8. The Balaban J connectivity index is 1.38. The Kier molecular flexibility index (Phi) is 9.73. The number of methoxy groups -OCH3 is 1. The minimum atomic E-state index is -4.44. The van der Waals surface area contributed by atoms with Crippen molar-refractivity contribution in [1.82, 2.24) is 10.0 Å². The molecule has 5 N–H and O–H groups in total. The van der Waals surface area contributed by atoms with Crippen LogP contribution >= 0.6 is 0 Å². The molecule has 0 saturated carbocycles. The third-order valence-corrected chi connectivity index (χ3v) is 10.4. The smallest absolute Gasteiger partial charge is 0.407 e. The van der Waals surface area contributed by atoms with Crippen LogP contribution in [0.3, 0.4) is 0 Å². The predicted octanol–water partition coefficient (Wildman–Crippen LogP) is 2.93. The summed E-state index contributed by atoms with van der Waals surface area (Å²) >= 11 is 0. The minimum Gasteiger partial charge on any atom is -0.496 e. The van der Waals surface area contributed by atoms with E-state index in [0.717, 1.165) is 22.3 Å². The Bertz CT molecular complexity index is 1850. The Labute approximate surface area is 261 Å². The fourth-order valence-electron chi connectivity index (χ4n) is 5.35. The molecule has 1 aliphatic rings. The highest BCUT2D eigenvalue weighted by atomic mass is 32.2. The highest BCUT2D eigenvalue weighted by Crippen LogP contribution is 2.44. The van der Waals surface area contributed by atoms with Crippen molar-refractivity contribution in [3.63, 3.8) is 0 Å². The summed E-state index contributed by atoms with van der Waals surface area (Å²) in [5.74, 6) is -3.04. The lowest BCUT2D eigenvalue weighted by Gasteiger charge is -2.17. The van der Waals surface area contributed by atoms with Gasteiger partial charge in [-0.3, -0.25) is 4.72 Å². The molecule has 0 saturated heterocycles. The number of carbonyl (C=O) groups excluding carboxylic acids is 1. The second-order valence-corrected chi connectivity index (χ2v) is 13.9. The number of ether oxygens (including phenoxy) is 2. The van der Waals surface area contributed by atoms with E-state index in [1.54, 1.807) is 13.8 Å². The first-order chi connectivity index (χ1) is 21.1. The molecular weight excluding hydrogens is 624 g/mol. The topological polar surface area (TPSA) is 204 Å². The fraction of sp³-hybridized carbons (Fsp3) is 0.300. The molecule has 1 aliphatic carbocycles. The number of carbonyl (C=O) groups is 2. The van der Waals surface area contributed by atoms with Crippen molar-refractivity contribution in [2.75, 3.05) is 19.5 Å². The second-order valence-electron chi connectivity index (χ2n) is 10.5. The monoisotopic (exact) mass is 658 g/mol. The van der Waals surface area contributed by atoms with Crippen LogP contribution in [0.1, 0.15) is 40.2 Å². The summed E-state index contributed by atoms with van der Waals surface area (Å²) in [5.41, 5.74) is 10.8. The summed E-state index contributed by atoms with van der Waals surface area (Å²) in [4.78, 5) is 24.2. The zero-order valence-corrected chi connectivity index (χ0v) is 26.7. The van der Waals surface area contributed by atoms with Crippen molar-refractivity contribution in [1.29, 1.82) is 0 Å². The number of fused-ring (bicyclic) bond motifs is 3. The molecule has 3 aromatic rings. The van der Waals surface area contributed by atoms with Gasteiger partial charge in [0.25, 0.3) is 10.0 Å². The summed E-state index contributed by atoms with van der Waals surface area (Å²) < 4.78 is 67.2. The number of guanidine groups is 1. The van der Waals surface area contributed by atoms with Crippen molar-refractivity contribution in [3.05, 3.63) is 82.4 Å². The van der Waals surface area contributed by atoms with Gasteiger partial charge in [0, 0.05) is 5.92 Å². The van der Waals surface area contributed by atoms with Crippen LogP contribution in [0.15, 0.2) is 63.9 Å². The van der Waals surface area contributed by atoms with E-state index in [0.29, 0.717) is 22.4 Å². The lowest BCUT2D eigenvalue weighted by Crippen LogP contribution is -2.44. The van der Waals surface area contributed by atoms with Gasteiger partial charge in [0.15, 0.2) is 0 Å². The Morgan fingerprint density at radius 2 is 1.56 bits per heavy atom. The largest absolute Gasteiger partial charge is 0.496 e. The maximum atomic E-state index is 13.0. The van der Waals surface area contributed by atoms with Gasteiger partial charge in [0.05, 0.1) is 17.8 Å². The third kappa shape index (κ3) is 7.37. The highest BCUT2D eigenvalue weighted by molar-refractivity contribution is 7.91. The van der Waals surface area contributed by atoms with E-state index in [4.69, 9.17) is 15.2 Å². The van der Waals surface area contributed by atoms with Crippen LogP contribution < -0.4 is 20.5 Å². The van der Waals surface area contributed by atoms with E-state index in [9.17, 15) is 31.5 Å². The lowest BCUT2D eigenvalue weighted by molar-refractivity contribution is -0.139. The number of sulfonamides is 2. The molecule has 13 nitrogen and oxygen atoms in total. The lowest BCUT2D eigenvalue weighted by atomic mass is 9.98. The number of nitrogens with zero attached hydrogens (tertiary/aromatic N) is 1. The summed E-state index contributed by atoms with van der Waals surface area (Å²) in [5, 5.41) is 11.8. The molecule has 0 aliphatic heterocycles. The van der Waals surface area contributed by atoms with E-state index >= 15 is 0 Å². The highest BCUT2D eigenvalue weighted by Gasteiger charge is 2.30. The van der Waals surface area contributed by atoms with E-state index in [1.807, 2.05) is 53.3 Å². The molecule has 0 bridgehead atoms. The van der Waals surface area contributed by atoms with Gasteiger partial charge in [-0.15, -0.1) is 4.40 Å². The van der Waals surface area contributed by atoms with Gasteiger partial charge in [0.1, 0.15) is 18.4 Å². The Morgan fingerprint density at radius 1 is 0.978 bits per heavy atom. The zero-order chi connectivity index (χ0) is 33.1. The molecule has 1 amide bonds. The molecule has 0 fully saturated rings. The maximum absolute atomic E-state index is 13.0. The van der Waals surface area contributed by atoms with E-state index < -0.39 is 56.3 Å². The van der Waals surface area contributed by atoms with Gasteiger partial charge in [-0.05, 0) is 72.2 Å². The average molecular weight is 659 g/mol. The summed E-state index contributed by atoms with van der Waals surface area (Å²) in [6.45, 7) is 4.69. The van der Waals surface area contributed by atoms with Crippen LogP contribution in [-0.4, -0.2) is 65.5 Å². The van der Waals surface area contributed by atoms with Crippen LogP contribution in [0.25, 0.3) is 11.1 Å². The van der Waals surface area contributed by atoms with E-state index in [-0.39, 0.29) is 17.4 Å². The van der Waals surface area contributed by atoms with Gasteiger partial charge in [-0.1, -0.05) is 48.5 Å². The van der Waals surface area contributed by atoms with Crippen molar-refractivity contribution < 1.29 is 41.0 Å². The average Bonchev–Trinajstić information content (AvgIpc) is 3.28. The van der Waals surface area contributed by atoms with Crippen LogP contribution in [0.5, 0.6) is 5.75 Å². The number of benzene rings is 3. The van der Waals surface area contributed by atoms with Crippen LogP contribution in [0.2, 0.25) is 0 Å². The SMILES string of the molecule is COc1cc(C)c(S(=O)(=O)/N=C(\N)NS(=O)(=O)CC[C@H](NC(=O)OCC2c3ccccc3-c3ccccc32)C(=O)O)c(C)c1C. The number of hydrogen-bond donors (Lipinski definition) is 4. The standard InChI is InChI=1S/C30H34N4O9S2/c1-17-15-26(42-4)18(2)19(3)27(17)45(40,41)34-29(31)33-44(38,39)14-13-25(28(35)36)32-30(37)43-16-24-22-11-7-5-9-20(22)21-10-6-8-12-23(21)24/h5-12,15,24-25H,13-14,16H2,1-4H3,(H,32,37)(H,35,36)(H3,31,33,34)/t25-/m0/s1. The molecule has 45 heavy (non-hydrogen) atoms. The van der Waals surface area contributed by atoms with Gasteiger partial charge >= 0.3 is 12.1 Å². The molecule has 1 atom stereocenters. The minimum absolute atomic E-state index is 0.0693. The first kappa shape index (κ1) is 33.3. The van der Waals surface area contributed by atoms with Gasteiger partial charge in [-0.25, -0.2) is 18.0 Å². The van der Waals surface area contributed by atoms with E-state index in [2.05, 4.69) is 9.71 Å². The van der Waals surface area contributed by atoms with Gasteiger partial charge < -0.3 is 25.6 Å².